The maximum Gasteiger partial charge on any atom is 0.339 e. The molecule has 1 aromatic rings. The van der Waals surface area contributed by atoms with E-state index in [0.29, 0.717) is 23.6 Å². The second-order valence-electron chi connectivity index (χ2n) is 6.74. The molecule has 116 valence electrons. The molecule has 1 heterocycles. The fourth-order valence-corrected chi connectivity index (χ4v) is 2.57. The van der Waals surface area contributed by atoms with Crippen molar-refractivity contribution >= 4 is 11.9 Å². The van der Waals surface area contributed by atoms with E-state index in [1.807, 2.05) is 0 Å². The third kappa shape index (κ3) is 3.91. The molecule has 0 atom stereocenters. The lowest BCUT2D eigenvalue weighted by Crippen LogP contribution is -2.42. The first kappa shape index (κ1) is 15.7. The molecule has 0 spiro atoms. The molecule has 0 aromatic carbocycles. The van der Waals surface area contributed by atoms with E-state index in [-0.39, 0.29) is 5.56 Å². The van der Waals surface area contributed by atoms with Gasteiger partial charge >= 0.3 is 5.97 Å². The SMILES string of the molecule is Cc1nc(NCC2(O)CCC(C)(C)CC2)ncc1C(=O)O. The van der Waals surface area contributed by atoms with Gasteiger partial charge in [0.15, 0.2) is 0 Å². The van der Waals surface area contributed by atoms with Gasteiger partial charge in [-0.1, -0.05) is 13.8 Å². The highest BCUT2D eigenvalue weighted by Gasteiger charge is 2.36. The zero-order valence-electron chi connectivity index (χ0n) is 12.8. The molecule has 1 aromatic heterocycles. The van der Waals surface area contributed by atoms with Crippen LogP contribution >= 0.6 is 0 Å². The van der Waals surface area contributed by atoms with Crippen LogP contribution in [-0.4, -0.2) is 38.3 Å². The van der Waals surface area contributed by atoms with Gasteiger partial charge in [0.1, 0.15) is 0 Å². The Labute approximate surface area is 124 Å². The lowest BCUT2D eigenvalue weighted by atomic mass is 9.71. The zero-order valence-corrected chi connectivity index (χ0v) is 12.8. The third-order valence-electron chi connectivity index (χ3n) is 4.32. The van der Waals surface area contributed by atoms with Gasteiger partial charge in [-0.15, -0.1) is 0 Å². The molecule has 0 saturated heterocycles. The molecule has 6 nitrogen and oxygen atoms in total. The van der Waals surface area contributed by atoms with E-state index >= 15 is 0 Å². The van der Waals surface area contributed by atoms with Crippen molar-refractivity contribution in [2.75, 3.05) is 11.9 Å². The number of aromatic carboxylic acids is 1. The summed E-state index contributed by atoms with van der Waals surface area (Å²) in [4.78, 5) is 19.0. The highest BCUT2D eigenvalue weighted by molar-refractivity contribution is 5.88. The van der Waals surface area contributed by atoms with E-state index in [0.717, 1.165) is 25.7 Å². The normalized spacial score (nSPS) is 20.0. The standard InChI is InChI=1S/C15H23N3O3/c1-10-11(12(19)20)8-16-13(18-10)17-9-15(21)6-4-14(2,3)5-7-15/h8,21H,4-7,9H2,1-3H3,(H,19,20)(H,16,17,18). The van der Waals surface area contributed by atoms with Crippen LogP contribution in [0.5, 0.6) is 0 Å². The molecule has 1 fully saturated rings. The van der Waals surface area contributed by atoms with E-state index in [4.69, 9.17) is 5.11 Å². The first-order valence-electron chi connectivity index (χ1n) is 7.24. The minimum atomic E-state index is -1.04. The number of anilines is 1. The van der Waals surface area contributed by atoms with Gasteiger partial charge in [0.2, 0.25) is 5.95 Å². The Hall–Kier alpha value is -1.69. The van der Waals surface area contributed by atoms with E-state index < -0.39 is 11.6 Å². The van der Waals surface area contributed by atoms with E-state index in [2.05, 4.69) is 29.1 Å². The molecule has 1 aliphatic carbocycles. The smallest absolute Gasteiger partial charge is 0.339 e. The number of aromatic nitrogens is 2. The fraction of sp³-hybridized carbons (Fsp3) is 0.667. The molecule has 0 amide bonds. The molecule has 3 N–H and O–H groups in total. The summed E-state index contributed by atoms with van der Waals surface area (Å²) < 4.78 is 0. The van der Waals surface area contributed by atoms with Gasteiger partial charge in [-0.25, -0.2) is 14.8 Å². The quantitative estimate of drug-likeness (QED) is 0.788. The maximum absolute atomic E-state index is 10.9. The van der Waals surface area contributed by atoms with Crippen LogP contribution in [0.3, 0.4) is 0 Å². The number of hydrogen-bond donors (Lipinski definition) is 3. The van der Waals surface area contributed by atoms with Crippen molar-refractivity contribution in [3.63, 3.8) is 0 Å². The average molecular weight is 293 g/mol. The molecule has 2 rings (SSSR count). The zero-order chi connectivity index (χ0) is 15.7. The summed E-state index contributed by atoms with van der Waals surface area (Å²) in [6.07, 6.45) is 4.77. The predicted molar refractivity (Wildman–Crippen MR) is 79.4 cm³/mol. The number of rotatable bonds is 4. The molecule has 6 heteroatoms. The monoisotopic (exact) mass is 293 g/mol. The van der Waals surface area contributed by atoms with Crippen molar-refractivity contribution < 1.29 is 15.0 Å². The van der Waals surface area contributed by atoms with Crippen molar-refractivity contribution in [2.24, 2.45) is 5.41 Å². The summed E-state index contributed by atoms with van der Waals surface area (Å²) in [6.45, 7) is 6.46. The number of nitrogens with zero attached hydrogens (tertiary/aromatic N) is 2. The summed E-state index contributed by atoms with van der Waals surface area (Å²) in [5.41, 5.74) is 0.0659. The Morgan fingerprint density at radius 3 is 2.48 bits per heavy atom. The molecule has 0 aliphatic heterocycles. The molecule has 1 saturated carbocycles. The minimum absolute atomic E-state index is 0.0960. The average Bonchev–Trinajstić information content (AvgIpc) is 2.40. The molecular formula is C15H23N3O3. The molecule has 0 radical (unpaired) electrons. The van der Waals surface area contributed by atoms with Gasteiger partial charge in [0, 0.05) is 12.7 Å². The molecular weight excluding hydrogens is 270 g/mol. The number of carbonyl (C=O) groups is 1. The number of aryl methyl sites for hydroxylation is 1. The third-order valence-corrected chi connectivity index (χ3v) is 4.32. The van der Waals surface area contributed by atoms with Crippen molar-refractivity contribution in [3.05, 3.63) is 17.5 Å². The van der Waals surface area contributed by atoms with Crippen LogP contribution in [0.15, 0.2) is 6.20 Å². The second kappa shape index (κ2) is 5.60. The largest absolute Gasteiger partial charge is 0.478 e. The number of carboxylic acid groups (broad SMARTS) is 1. The van der Waals surface area contributed by atoms with Crippen LogP contribution in [0.4, 0.5) is 5.95 Å². The highest BCUT2D eigenvalue weighted by Crippen LogP contribution is 2.40. The summed E-state index contributed by atoms with van der Waals surface area (Å²) in [5.74, 6) is -0.678. The Balaban J connectivity index is 1.97. The molecule has 0 bridgehead atoms. The van der Waals surface area contributed by atoms with Crippen molar-refractivity contribution in [1.29, 1.82) is 0 Å². The summed E-state index contributed by atoms with van der Waals surface area (Å²) >= 11 is 0. The van der Waals surface area contributed by atoms with Crippen molar-refractivity contribution in [3.8, 4) is 0 Å². The first-order chi connectivity index (χ1) is 9.71. The van der Waals surface area contributed by atoms with Gasteiger partial charge in [0.25, 0.3) is 0 Å². The predicted octanol–water partition coefficient (Wildman–Crippen LogP) is 2.23. The topological polar surface area (TPSA) is 95.3 Å². The summed E-state index contributed by atoms with van der Waals surface area (Å²) in [7, 11) is 0. The highest BCUT2D eigenvalue weighted by atomic mass is 16.4. The van der Waals surface area contributed by atoms with Gasteiger partial charge in [-0.2, -0.15) is 0 Å². The maximum atomic E-state index is 10.9. The van der Waals surface area contributed by atoms with Crippen LogP contribution in [-0.2, 0) is 0 Å². The van der Waals surface area contributed by atoms with E-state index in [1.165, 1.54) is 6.20 Å². The van der Waals surface area contributed by atoms with Gasteiger partial charge in [-0.05, 0) is 38.0 Å². The number of aliphatic hydroxyl groups is 1. The van der Waals surface area contributed by atoms with Gasteiger partial charge < -0.3 is 15.5 Å². The number of carboxylic acids is 1. The van der Waals surface area contributed by atoms with Crippen LogP contribution in [0, 0.1) is 12.3 Å². The lowest BCUT2D eigenvalue weighted by molar-refractivity contribution is -0.0146. The van der Waals surface area contributed by atoms with Crippen molar-refractivity contribution in [1.82, 2.24) is 9.97 Å². The van der Waals surface area contributed by atoms with Crippen LogP contribution in [0.2, 0.25) is 0 Å². The van der Waals surface area contributed by atoms with Gasteiger partial charge in [0.05, 0.1) is 16.9 Å². The van der Waals surface area contributed by atoms with Crippen LogP contribution in [0.25, 0.3) is 0 Å². The Morgan fingerprint density at radius 1 is 1.33 bits per heavy atom. The van der Waals surface area contributed by atoms with Crippen molar-refractivity contribution in [2.45, 2.75) is 52.1 Å². The molecule has 21 heavy (non-hydrogen) atoms. The van der Waals surface area contributed by atoms with Crippen LogP contribution < -0.4 is 5.32 Å². The second-order valence-corrected chi connectivity index (χ2v) is 6.74. The number of hydrogen-bond acceptors (Lipinski definition) is 5. The molecule has 0 unspecified atom stereocenters. The van der Waals surface area contributed by atoms with Crippen LogP contribution in [0.1, 0.15) is 55.6 Å². The van der Waals surface area contributed by atoms with Gasteiger partial charge in [-0.3, -0.25) is 0 Å². The first-order valence-corrected chi connectivity index (χ1v) is 7.24. The fourth-order valence-electron chi connectivity index (χ4n) is 2.57. The van der Waals surface area contributed by atoms with E-state index in [9.17, 15) is 9.90 Å². The minimum Gasteiger partial charge on any atom is -0.478 e. The Morgan fingerprint density at radius 2 is 1.95 bits per heavy atom. The Kier molecular flexibility index (Phi) is 4.18. The molecule has 1 aliphatic rings. The number of nitrogens with one attached hydrogen (secondary N) is 1. The summed E-state index contributed by atoms with van der Waals surface area (Å²) in [5, 5.41) is 22.5. The van der Waals surface area contributed by atoms with E-state index in [1.54, 1.807) is 6.92 Å². The summed E-state index contributed by atoms with van der Waals surface area (Å²) in [6, 6.07) is 0. The lowest BCUT2D eigenvalue weighted by Gasteiger charge is -2.40. The Bertz CT molecular complexity index is 533.